The van der Waals surface area contributed by atoms with Gasteiger partial charge in [-0.15, -0.1) is 11.6 Å². The highest BCUT2D eigenvalue weighted by Crippen LogP contribution is 2.48. The first-order valence-corrected chi connectivity index (χ1v) is 7.86. The molecule has 1 fully saturated rings. The molecule has 0 N–H and O–H groups in total. The molecule has 3 rings (SSSR count). The van der Waals surface area contributed by atoms with E-state index in [0.717, 1.165) is 29.2 Å². The average Bonchev–Trinajstić information content (AvgIpc) is 3.08. The number of imidazole rings is 1. The molecule has 1 saturated carbocycles. The average molecular weight is 318 g/mol. The van der Waals surface area contributed by atoms with E-state index in [2.05, 4.69) is 16.5 Å². The zero-order chi connectivity index (χ0) is 13.6. The molecule has 2 atom stereocenters. The van der Waals surface area contributed by atoms with Crippen molar-refractivity contribution in [3.63, 3.8) is 0 Å². The van der Waals surface area contributed by atoms with Gasteiger partial charge < -0.3 is 4.57 Å². The van der Waals surface area contributed by atoms with Crippen LogP contribution < -0.4 is 0 Å². The van der Waals surface area contributed by atoms with Gasteiger partial charge in [0.1, 0.15) is 5.82 Å². The second-order valence-electron chi connectivity index (χ2n) is 5.06. The van der Waals surface area contributed by atoms with Crippen LogP contribution in [-0.4, -0.2) is 15.4 Å². The lowest BCUT2D eigenvalue weighted by atomic mass is 10.3. The van der Waals surface area contributed by atoms with Crippen LogP contribution in [0.15, 0.2) is 12.1 Å². The van der Waals surface area contributed by atoms with Crippen LogP contribution in [-0.2, 0) is 6.42 Å². The predicted molar refractivity (Wildman–Crippen MR) is 81.6 cm³/mol. The molecule has 2 aromatic rings. The van der Waals surface area contributed by atoms with E-state index in [-0.39, 0.29) is 0 Å². The van der Waals surface area contributed by atoms with Crippen molar-refractivity contribution in [1.29, 1.82) is 0 Å². The molecule has 2 unspecified atom stereocenters. The molecular formula is C14H15Cl3N2. The molecule has 0 bridgehead atoms. The number of aromatic nitrogens is 2. The van der Waals surface area contributed by atoms with Crippen molar-refractivity contribution in [3.8, 4) is 0 Å². The highest BCUT2D eigenvalue weighted by molar-refractivity contribution is 6.42. The molecule has 19 heavy (non-hydrogen) atoms. The van der Waals surface area contributed by atoms with E-state index < -0.39 is 0 Å². The van der Waals surface area contributed by atoms with Crippen LogP contribution in [0.3, 0.4) is 0 Å². The summed E-state index contributed by atoms with van der Waals surface area (Å²) in [6.07, 6.45) is 3.20. The molecule has 1 aliphatic rings. The maximum atomic E-state index is 6.14. The highest BCUT2D eigenvalue weighted by Gasteiger charge is 2.39. The largest absolute Gasteiger partial charge is 0.324 e. The van der Waals surface area contributed by atoms with Gasteiger partial charge in [-0.1, -0.05) is 36.5 Å². The molecule has 5 heteroatoms. The molecule has 0 saturated heterocycles. The lowest BCUT2D eigenvalue weighted by Gasteiger charge is -2.08. The van der Waals surface area contributed by atoms with Gasteiger partial charge in [-0.2, -0.15) is 0 Å². The standard InChI is InChI=1S/C14H15Cl3N2/c1-2-8-5-12(8)19-13-7-10(17)9(16)6-11(13)18-14(19)3-4-15/h6-8,12H,2-5H2,1H3. The Morgan fingerprint density at radius 3 is 2.68 bits per heavy atom. The fraction of sp³-hybridized carbons (Fsp3) is 0.500. The van der Waals surface area contributed by atoms with E-state index in [4.69, 9.17) is 34.8 Å². The fourth-order valence-corrected chi connectivity index (χ4v) is 3.24. The number of nitrogens with zero attached hydrogens (tertiary/aromatic N) is 2. The van der Waals surface area contributed by atoms with Crippen LogP contribution in [0.1, 0.15) is 31.6 Å². The number of benzene rings is 1. The number of hydrogen-bond donors (Lipinski definition) is 0. The van der Waals surface area contributed by atoms with E-state index >= 15 is 0 Å². The van der Waals surface area contributed by atoms with Gasteiger partial charge in [0.05, 0.1) is 21.1 Å². The number of alkyl halides is 1. The van der Waals surface area contributed by atoms with Crippen molar-refractivity contribution >= 4 is 45.8 Å². The summed E-state index contributed by atoms with van der Waals surface area (Å²) in [6, 6.07) is 4.32. The predicted octanol–water partition coefficient (Wildman–Crippen LogP) is 5.10. The van der Waals surface area contributed by atoms with Crippen LogP contribution in [0.25, 0.3) is 11.0 Å². The van der Waals surface area contributed by atoms with Crippen LogP contribution in [0.2, 0.25) is 10.0 Å². The summed E-state index contributed by atoms with van der Waals surface area (Å²) < 4.78 is 2.31. The number of rotatable bonds is 4. The summed E-state index contributed by atoms with van der Waals surface area (Å²) in [5, 5.41) is 1.14. The minimum Gasteiger partial charge on any atom is -0.324 e. The maximum absolute atomic E-state index is 6.14. The third kappa shape index (κ3) is 2.35. The van der Waals surface area contributed by atoms with Crippen molar-refractivity contribution in [1.82, 2.24) is 9.55 Å². The molecule has 1 heterocycles. The third-order valence-corrected chi connectivity index (χ3v) is 4.78. The molecule has 0 aliphatic heterocycles. The van der Waals surface area contributed by atoms with Crippen molar-refractivity contribution in [2.24, 2.45) is 5.92 Å². The molecule has 0 spiro atoms. The molecule has 0 amide bonds. The molecule has 1 aliphatic carbocycles. The first-order valence-electron chi connectivity index (χ1n) is 6.57. The summed E-state index contributed by atoms with van der Waals surface area (Å²) >= 11 is 18.1. The second-order valence-corrected chi connectivity index (χ2v) is 6.26. The lowest BCUT2D eigenvalue weighted by Crippen LogP contribution is -2.04. The van der Waals surface area contributed by atoms with Gasteiger partial charge in [0, 0.05) is 18.3 Å². The van der Waals surface area contributed by atoms with Crippen molar-refractivity contribution in [2.75, 3.05) is 5.88 Å². The quantitative estimate of drug-likeness (QED) is 0.718. The topological polar surface area (TPSA) is 17.8 Å². The SMILES string of the molecule is CCC1CC1n1c(CCCl)nc2cc(Cl)c(Cl)cc21. The Bertz CT molecular complexity index is 621. The summed E-state index contributed by atoms with van der Waals surface area (Å²) in [4.78, 5) is 4.67. The first-order chi connectivity index (χ1) is 9.15. The van der Waals surface area contributed by atoms with E-state index in [9.17, 15) is 0 Å². The second kappa shape index (κ2) is 5.16. The first kappa shape index (κ1) is 13.5. The minimum absolute atomic E-state index is 0.547. The van der Waals surface area contributed by atoms with Crippen LogP contribution in [0.4, 0.5) is 0 Å². The molecule has 0 radical (unpaired) electrons. The Morgan fingerprint density at radius 2 is 2.05 bits per heavy atom. The Hall–Kier alpha value is -0.440. The smallest absolute Gasteiger partial charge is 0.111 e. The van der Waals surface area contributed by atoms with E-state index in [0.29, 0.717) is 22.0 Å². The summed E-state index contributed by atoms with van der Waals surface area (Å²) in [6.45, 7) is 2.23. The molecule has 2 nitrogen and oxygen atoms in total. The monoisotopic (exact) mass is 316 g/mol. The third-order valence-electron chi connectivity index (χ3n) is 3.86. The van der Waals surface area contributed by atoms with Gasteiger partial charge in [-0.05, 0) is 24.5 Å². The Morgan fingerprint density at radius 1 is 1.32 bits per heavy atom. The van der Waals surface area contributed by atoms with Crippen LogP contribution >= 0.6 is 34.8 Å². The van der Waals surface area contributed by atoms with Gasteiger partial charge in [-0.25, -0.2) is 4.98 Å². The molecule has 1 aromatic carbocycles. The Kier molecular flexibility index (Phi) is 3.67. The van der Waals surface area contributed by atoms with Gasteiger partial charge in [-0.3, -0.25) is 0 Å². The Balaban J connectivity index is 2.15. The van der Waals surface area contributed by atoms with Crippen molar-refractivity contribution in [2.45, 2.75) is 32.2 Å². The molecule has 102 valence electrons. The molecule has 1 aromatic heterocycles. The van der Waals surface area contributed by atoms with Gasteiger partial charge in [0.25, 0.3) is 0 Å². The van der Waals surface area contributed by atoms with Crippen LogP contribution in [0.5, 0.6) is 0 Å². The van der Waals surface area contributed by atoms with Gasteiger partial charge in [0.15, 0.2) is 0 Å². The number of hydrogen-bond acceptors (Lipinski definition) is 1. The van der Waals surface area contributed by atoms with Gasteiger partial charge in [0.2, 0.25) is 0 Å². The van der Waals surface area contributed by atoms with Crippen LogP contribution in [0, 0.1) is 5.92 Å². The maximum Gasteiger partial charge on any atom is 0.111 e. The number of aryl methyl sites for hydroxylation is 1. The van der Waals surface area contributed by atoms with Crippen molar-refractivity contribution in [3.05, 3.63) is 28.0 Å². The lowest BCUT2D eigenvalue weighted by molar-refractivity contribution is 0.629. The zero-order valence-corrected chi connectivity index (χ0v) is 12.9. The summed E-state index contributed by atoms with van der Waals surface area (Å²) in [5.74, 6) is 2.37. The summed E-state index contributed by atoms with van der Waals surface area (Å²) in [5.41, 5.74) is 1.99. The van der Waals surface area contributed by atoms with E-state index in [1.165, 1.54) is 12.8 Å². The normalized spacial score (nSPS) is 22.1. The summed E-state index contributed by atoms with van der Waals surface area (Å²) in [7, 11) is 0. The minimum atomic E-state index is 0.547. The number of fused-ring (bicyclic) bond motifs is 1. The van der Waals surface area contributed by atoms with E-state index in [1.54, 1.807) is 0 Å². The fourth-order valence-electron chi connectivity index (χ4n) is 2.76. The highest BCUT2D eigenvalue weighted by atomic mass is 35.5. The van der Waals surface area contributed by atoms with E-state index in [1.807, 2.05) is 12.1 Å². The Labute approximate surface area is 127 Å². The molecular weight excluding hydrogens is 303 g/mol. The van der Waals surface area contributed by atoms with Crippen molar-refractivity contribution < 1.29 is 0 Å². The van der Waals surface area contributed by atoms with Gasteiger partial charge >= 0.3 is 0 Å². The number of halogens is 3. The zero-order valence-electron chi connectivity index (χ0n) is 10.7.